The highest BCUT2D eigenvalue weighted by Crippen LogP contribution is 2.32. The largest absolute Gasteiger partial charge is 0.497 e. The molecule has 74 valence electrons. The minimum Gasteiger partial charge on any atom is -0.497 e. The molecule has 0 spiro atoms. The number of ether oxygens (including phenoxy) is 1. The fourth-order valence-electron chi connectivity index (χ4n) is 1.58. The molecule has 1 heterocycles. The quantitative estimate of drug-likeness (QED) is 0.821. The first-order valence-electron chi connectivity index (χ1n) is 4.52. The summed E-state index contributed by atoms with van der Waals surface area (Å²) >= 11 is 1.75. The summed E-state index contributed by atoms with van der Waals surface area (Å²) in [6.45, 7) is 2.74. The van der Waals surface area contributed by atoms with Crippen LogP contribution in [0.3, 0.4) is 0 Å². The number of aryl methyl sites for hydroxylation is 1. The lowest BCUT2D eigenvalue weighted by molar-refractivity contribution is 0.415. The third kappa shape index (κ3) is 1.38. The topological polar surface area (TPSA) is 35.2 Å². The third-order valence-corrected chi connectivity index (χ3v) is 3.71. The van der Waals surface area contributed by atoms with E-state index in [1.54, 1.807) is 18.4 Å². The number of fused-ring (bicyclic) bond motifs is 1. The van der Waals surface area contributed by atoms with E-state index in [4.69, 9.17) is 10.5 Å². The Kier molecular flexibility index (Phi) is 2.44. The summed E-state index contributed by atoms with van der Waals surface area (Å²) in [6.07, 6.45) is 0. The molecule has 0 bridgehead atoms. The van der Waals surface area contributed by atoms with Gasteiger partial charge in [-0.25, -0.2) is 0 Å². The maximum Gasteiger partial charge on any atom is 0.120 e. The Hall–Kier alpha value is -1.06. The fraction of sp³-hybridized carbons (Fsp3) is 0.273. The van der Waals surface area contributed by atoms with Crippen molar-refractivity contribution in [2.45, 2.75) is 13.5 Å². The van der Waals surface area contributed by atoms with E-state index in [1.807, 2.05) is 6.07 Å². The molecule has 2 aromatic rings. The normalized spacial score (nSPS) is 10.8. The molecule has 0 aliphatic heterocycles. The molecule has 0 fully saturated rings. The van der Waals surface area contributed by atoms with Crippen molar-refractivity contribution < 1.29 is 4.74 Å². The molecular weight excluding hydrogens is 194 g/mol. The first-order valence-corrected chi connectivity index (χ1v) is 5.34. The first kappa shape index (κ1) is 9.49. The van der Waals surface area contributed by atoms with E-state index < -0.39 is 0 Å². The lowest BCUT2D eigenvalue weighted by atomic mass is 10.1. The number of thiophene rings is 1. The van der Waals surface area contributed by atoms with Gasteiger partial charge in [0.1, 0.15) is 5.75 Å². The predicted octanol–water partition coefficient (Wildman–Crippen LogP) is 2.68. The maximum absolute atomic E-state index is 5.66. The van der Waals surface area contributed by atoms with Gasteiger partial charge in [0.25, 0.3) is 0 Å². The van der Waals surface area contributed by atoms with Gasteiger partial charge in [-0.1, -0.05) is 0 Å². The van der Waals surface area contributed by atoms with Gasteiger partial charge in [-0.3, -0.25) is 0 Å². The average molecular weight is 207 g/mol. The van der Waals surface area contributed by atoms with Gasteiger partial charge in [-0.2, -0.15) is 0 Å². The third-order valence-electron chi connectivity index (χ3n) is 2.43. The summed E-state index contributed by atoms with van der Waals surface area (Å²) in [5.41, 5.74) is 6.97. The molecule has 0 saturated carbocycles. The zero-order valence-electron chi connectivity index (χ0n) is 8.33. The van der Waals surface area contributed by atoms with Crippen LogP contribution in [0.5, 0.6) is 5.75 Å². The molecule has 0 saturated heterocycles. The van der Waals surface area contributed by atoms with Gasteiger partial charge in [-0.05, 0) is 36.1 Å². The van der Waals surface area contributed by atoms with E-state index in [1.165, 1.54) is 20.5 Å². The first-order chi connectivity index (χ1) is 6.76. The zero-order valence-corrected chi connectivity index (χ0v) is 9.15. The highest BCUT2D eigenvalue weighted by Gasteiger charge is 2.07. The van der Waals surface area contributed by atoms with E-state index >= 15 is 0 Å². The van der Waals surface area contributed by atoms with Gasteiger partial charge >= 0.3 is 0 Å². The molecule has 2 rings (SSSR count). The van der Waals surface area contributed by atoms with Crippen LogP contribution in [0.2, 0.25) is 0 Å². The maximum atomic E-state index is 5.66. The molecule has 0 radical (unpaired) electrons. The van der Waals surface area contributed by atoms with E-state index in [0.717, 1.165) is 5.75 Å². The van der Waals surface area contributed by atoms with Crippen molar-refractivity contribution in [1.29, 1.82) is 0 Å². The van der Waals surface area contributed by atoms with Crippen LogP contribution in [0.1, 0.15) is 10.4 Å². The van der Waals surface area contributed by atoms with Gasteiger partial charge in [0.2, 0.25) is 0 Å². The van der Waals surface area contributed by atoms with Crippen molar-refractivity contribution in [3.63, 3.8) is 0 Å². The predicted molar refractivity (Wildman–Crippen MR) is 61.0 cm³/mol. The fourth-order valence-corrected chi connectivity index (χ4v) is 2.70. The number of hydrogen-bond donors (Lipinski definition) is 1. The minimum atomic E-state index is 0.619. The highest BCUT2D eigenvalue weighted by atomic mass is 32.1. The van der Waals surface area contributed by atoms with Crippen molar-refractivity contribution in [1.82, 2.24) is 0 Å². The summed E-state index contributed by atoms with van der Waals surface area (Å²) in [6, 6.07) is 6.15. The zero-order chi connectivity index (χ0) is 10.1. The van der Waals surface area contributed by atoms with E-state index in [2.05, 4.69) is 19.1 Å². The Morgan fingerprint density at radius 3 is 2.86 bits per heavy atom. The molecule has 3 heteroatoms. The van der Waals surface area contributed by atoms with Gasteiger partial charge in [0, 0.05) is 16.1 Å². The Morgan fingerprint density at radius 1 is 1.43 bits per heavy atom. The van der Waals surface area contributed by atoms with Gasteiger partial charge in [-0.15, -0.1) is 11.3 Å². The molecule has 14 heavy (non-hydrogen) atoms. The Morgan fingerprint density at radius 2 is 2.21 bits per heavy atom. The SMILES string of the molecule is COc1ccc2c(C)c(CN)sc2c1. The van der Waals surface area contributed by atoms with Crippen molar-refractivity contribution in [3.8, 4) is 5.75 Å². The van der Waals surface area contributed by atoms with Crippen LogP contribution < -0.4 is 10.5 Å². The Bertz CT molecular complexity index is 462. The molecule has 0 aliphatic carbocycles. The molecule has 0 unspecified atom stereocenters. The molecular formula is C11H13NOS. The second kappa shape index (κ2) is 3.59. The average Bonchev–Trinajstić information content (AvgIpc) is 2.55. The number of benzene rings is 1. The standard InChI is InChI=1S/C11H13NOS/c1-7-9-4-3-8(13-2)5-10(9)14-11(7)6-12/h3-5H,6,12H2,1-2H3. The molecule has 0 atom stereocenters. The molecule has 1 aromatic carbocycles. The van der Waals surface area contributed by atoms with Gasteiger partial charge in [0.05, 0.1) is 7.11 Å². The minimum absolute atomic E-state index is 0.619. The van der Waals surface area contributed by atoms with Gasteiger partial charge < -0.3 is 10.5 Å². The monoisotopic (exact) mass is 207 g/mol. The van der Waals surface area contributed by atoms with E-state index in [9.17, 15) is 0 Å². The molecule has 2 nitrogen and oxygen atoms in total. The summed E-state index contributed by atoms with van der Waals surface area (Å²) in [5.74, 6) is 0.905. The molecule has 0 amide bonds. The smallest absolute Gasteiger partial charge is 0.120 e. The van der Waals surface area contributed by atoms with Crippen LogP contribution in [0, 0.1) is 6.92 Å². The highest BCUT2D eigenvalue weighted by molar-refractivity contribution is 7.19. The summed E-state index contributed by atoms with van der Waals surface area (Å²) < 4.78 is 6.43. The number of nitrogens with two attached hydrogens (primary N) is 1. The number of methoxy groups -OCH3 is 1. The number of hydrogen-bond acceptors (Lipinski definition) is 3. The lowest BCUT2D eigenvalue weighted by Gasteiger charge is -1.98. The van der Waals surface area contributed by atoms with Crippen molar-refractivity contribution in [2.24, 2.45) is 5.73 Å². The Labute approximate surface area is 87.3 Å². The molecule has 2 N–H and O–H groups in total. The second-order valence-corrected chi connectivity index (χ2v) is 4.35. The van der Waals surface area contributed by atoms with Crippen LogP contribution in [0.25, 0.3) is 10.1 Å². The van der Waals surface area contributed by atoms with Crippen LogP contribution in [0.4, 0.5) is 0 Å². The Balaban J connectivity index is 2.66. The summed E-state index contributed by atoms with van der Waals surface area (Å²) in [5, 5.41) is 1.29. The van der Waals surface area contributed by atoms with Crippen molar-refractivity contribution in [2.75, 3.05) is 7.11 Å². The lowest BCUT2D eigenvalue weighted by Crippen LogP contribution is -1.93. The van der Waals surface area contributed by atoms with Crippen LogP contribution in [0.15, 0.2) is 18.2 Å². The summed E-state index contributed by atoms with van der Waals surface area (Å²) in [7, 11) is 1.69. The van der Waals surface area contributed by atoms with Crippen molar-refractivity contribution in [3.05, 3.63) is 28.6 Å². The number of rotatable bonds is 2. The second-order valence-electron chi connectivity index (χ2n) is 3.22. The molecule has 1 aromatic heterocycles. The van der Waals surface area contributed by atoms with Crippen LogP contribution >= 0.6 is 11.3 Å². The summed E-state index contributed by atoms with van der Waals surface area (Å²) in [4.78, 5) is 1.26. The van der Waals surface area contributed by atoms with Crippen LogP contribution in [-0.4, -0.2) is 7.11 Å². The van der Waals surface area contributed by atoms with E-state index in [-0.39, 0.29) is 0 Å². The van der Waals surface area contributed by atoms with Gasteiger partial charge in [0.15, 0.2) is 0 Å². The van der Waals surface area contributed by atoms with E-state index in [0.29, 0.717) is 6.54 Å². The van der Waals surface area contributed by atoms with Crippen molar-refractivity contribution >= 4 is 21.4 Å². The van der Waals surface area contributed by atoms with Crippen LogP contribution in [-0.2, 0) is 6.54 Å². The molecule has 0 aliphatic rings.